The van der Waals surface area contributed by atoms with Crippen LogP contribution in [0.4, 0.5) is 0 Å². The van der Waals surface area contributed by atoms with Gasteiger partial charge in [0.25, 0.3) is 5.91 Å². The van der Waals surface area contributed by atoms with Gasteiger partial charge < -0.3 is 20.1 Å². The molecule has 2 aliphatic rings. The SMILES string of the molecule is O=C(CC1(N2Cc3ccccc3C2=O)CCOCC1)N[C@H](CO)Cc1ccccc1. The van der Waals surface area contributed by atoms with Crippen LogP contribution in [0.2, 0.25) is 0 Å². The highest BCUT2D eigenvalue weighted by Crippen LogP contribution is 2.38. The molecule has 2 aliphatic heterocycles. The second-order valence-corrected chi connectivity index (χ2v) is 8.20. The average Bonchev–Trinajstić information content (AvgIpc) is 3.12. The van der Waals surface area contributed by atoms with Gasteiger partial charge in [0.05, 0.1) is 24.6 Å². The third-order valence-corrected chi connectivity index (χ3v) is 6.22. The molecule has 0 spiro atoms. The number of nitrogens with zero attached hydrogens (tertiary/aromatic N) is 1. The molecule has 0 aromatic heterocycles. The first-order valence-electron chi connectivity index (χ1n) is 10.5. The van der Waals surface area contributed by atoms with Gasteiger partial charge in [-0.3, -0.25) is 9.59 Å². The topological polar surface area (TPSA) is 78.9 Å². The van der Waals surface area contributed by atoms with Crippen molar-refractivity contribution in [2.45, 2.75) is 43.8 Å². The molecule has 2 aromatic carbocycles. The quantitative estimate of drug-likeness (QED) is 0.737. The third kappa shape index (κ3) is 4.25. The molecule has 0 aliphatic carbocycles. The number of carbonyl (C=O) groups excluding carboxylic acids is 2. The molecule has 1 atom stereocenters. The van der Waals surface area contributed by atoms with Gasteiger partial charge in [0.15, 0.2) is 0 Å². The van der Waals surface area contributed by atoms with Crippen molar-refractivity contribution in [3.05, 3.63) is 71.3 Å². The number of aliphatic hydroxyl groups excluding tert-OH is 1. The van der Waals surface area contributed by atoms with Gasteiger partial charge in [-0.25, -0.2) is 0 Å². The van der Waals surface area contributed by atoms with Crippen LogP contribution in [0.5, 0.6) is 0 Å². The van der Waals surface area contributed by atoms with E-state index >= 15 is 0 Å². The Hall–Kier alpha value is -2.70. The van der Waals surface area contributed by atoms with E-state index in [-0.39, 0.29) is 30.9 Å². The Morgan fingerprint density at radius 2 is 1.80 bits per heavy atom. The number of aliphatic hydroxyl groups is 1. The molecule has 1 saturated heterocycles. The minimum Gasteiger partial charge on any atom is -0.394 e. The van der Waals surface area contributed by atoms with E-state index in [1.807, 2.05) is 59.5 Å². The van der Waals surface area contributed by atoms with Gasteiger partial charge in [-0.1, -0.05) is 48.5 Å². The molecule has 1 fully saturated rings. The van der Waals surface area contributed by atoms with E-state index in [0.717, 1.165) is 16.7 Å². The first-order valence-corrected chi connectivity index (χ1v) is 10.5. The van der Waals surface area contributed by atoms with Gasteiger partial charge >= 0.3 is 0 Å². The predicted molar refractivity (Wildman–Crippen MR) is 113 cm³/mol. The summed E-state index contributed by atoms with van der Waals surface area (Å²) in [5, 5.41) is 12.8. The summed E-state index contributed by atoms with van der Waals surface area (Å²) in [6, 6.07) is 17.1. The van der Waals surface area contributed by atoms with Crippen LogP contribution in [0.1, 0.15) is 40.7 Å². The van der Waals surface area contributed by atoms with Gasteiger partial charge in [-0.2, -0.15) is 0 Å². The smallest absolute Gasteiger partial charge is 0.254 e. The molecule has 0 radical (unpaired) electrons. The monoisotopic (exact) mass is 408 g/mol. The van der Waals surface area contributed by atoms with Gasteiger partial charge in [0.2, 0.25) is 5.91 Å². The summed E-state index contributed by atoms with van der Waals surface area (Å²) >= 11 is 0. The Kier molecular flexibility index (Phi) is 6.16. The summed E-state index contributed by atoms with van der Waals surface area (Å²) in [7, 11) is 0. The summed E-state index contributed by atoms with van der Waals surface area (Å²) in [6.07, 6.45) is 2.03. The first kappa shape index (κ1) is 20.6. The van der Waals surface area contributed by atoms with E-state index in [1.54, 1.807) is 0 Å². The molecule has 4 rings (SSSR count). The zero-order valence-electron chi connectivity index (χ0n) is 17.0. The molecular weight excluding hydrogens is 380 g/mol. The second-order valence-electron chi connectivity index (χ2n) is 8.20. The normalized spacial score (nSPS) is 18.7. The van der Waals surface area contributed by atoms with Crippen LogP contribution < -0.4 is 5.32 Å². The molecule has 0 bridgehead atoms. The zero-order valence-corrected chi connectivity index (χ0v) is 17.0. The average molecular weight is 408 g/mol. The highest BCUT2D eigenvalue weighted by atomic mass is 16.5. The van der Waals surface area contributed by atoms with Crippen LogP contribution in [-0.4, -0.2) is 53.2 Å². The molecule has 30 heavy (non-hydrogen) atoms. The first-order chi connectivity index (χ1) is 14.6. The van der Waals surface area contributed by atoms with E-state index in [0.29, 0.717) is 39.0 Å². The number of carbonyl (C=O) groups is 2. The maximum absolute atomic E-state index is 13.1. The van der Waals surface area contributed by atoms with Crippen molar-refractivity contribution >= 4 is 11.8 Å². The highest BCUT2D eigenvalue weighted by molar-refractivity contribution is 5.99. The summed E-state index contributed by atoms with van der Waals surface area (Å²) in [4.78, 5) is 28.0. The lowest BCUT2D eigenvalue weighted by Crippen LogP contribution is -2.55. The Morgan fingerprint density at radius 1 is 1.10 bits per heavy atom. The Bertz CT molecular complexity index is 893. The maximum Gasteiger partial charge on any atom is 0.254 e. The van der Waals surface area contributed by atoms with E-state index in [1.165, 1.54) is 0 Å². The lowest BCUT2D eigenvalue weighted by molar-refractivity contribution is -0.126. The maximum atomic E-state index is 13.1. The van der Waals surface area contributed by atoms with Crippen molar-refractivity contribution in [3.63, 3.8) is 0 Å². The van der Waals surface area contributed by atoms with Crippen LogP contribution in [-0.2, 0) is 22.5 Å². The number of fused-ring (bicyclic) bond motifs is 1. The van der Waals surface area contributed by atoms with Crippen LogP contribution in [0, 0.1) is 0 Å². The number of nitrogens with one attached hydrogen (secondary N) is 1. The molecular formula is C24H28N2O4. The molecule has 2 aromatic rings. The standard InChI is InChI=1S/C24H28N2O4/c27-17-20(14-18-6-2-1-3-7-18)25-22(28)15-24(10-12-30-13-11-24)26-16-19-8-4-5-9-21(19)23(26)29/h1-9,20,27H,10-17H2,(H,25,28)/t20-/m0/s1. The number of benzene rings is 2. The second kappa shape index (κ2) is 8.98. The fraction of sp³-hybridized carbons (Fsp3) is 0.417. The number of hydrogen-bond acceptors (Lipinski definition) is 4. The van der Waals surface area contributed by atoms with Gasteiger partial charge in [-0.05, 0) is 36.5 Å². The van der Waals surface area contributed by atoms with Crippen LogP contribution in [0.3, 0.4) is 0 Å². The van der Waals surface area contributed by atoms with Crippen molar-refractivity contribution in [2.75, 3.05) is 19.8 Å². The van der Waals surface area contributed by atoms with Crippen molar-refractivity contribution in [2.24, 2.45) is 0 Å². The molecule has 0 unspecified atom stereocenters. The minimum absolute atomic E-state index is 0.0108. The number of ether oxygens (including phenoxy) is 1. The van der Waals surface area contributed by atoms with Gasteiger partial charge in [-0.15, -0.1) is 0 Å². The van der Waals surface area contributed by atoms with Crippen LogP contribution in [0.25, 0.3) is 0 Å². The molecule has 2 heterocycles. The highest BCUT2D eigenvalue weighted by Gasteiger charge is 2.46. The van der Waals surface area contributed by atoms with Crippen molar-refractivity contribution in [1.29, 1.82) is 0 Å². The predicted octanol–water partition coefficient (Wildman–Crippen LogP) is 2.30. The van der Waals surface area contributed by atoms with Gasteiger partial charge in [0.1, 0.15) is 0 Å². The van der Waals surface area contributed by atoms with Crippen molar-refractivity contribution in [3.8, 4) is 0 Å². The summed E-state index contributed by atoms with van der Waals surface area (Å²) in [5.41, 5.74) is 2.22. The molecule has 0 saturated carbocycles. The third-order valence-electron chi connectivity index (χ3n) is 6.22. The van der Waals surface area contributed by atoms with Crippen molar-refractivity contribution < 1.29 is 19.4 Å². The summed E-state index contributed by atoms with van der Waals surface area (Å²) in [6.45, 7) is 1.45. The minimum atomic E-state index is -0.564. The summed E-state index contributed by atoms with van der Waals surface area (Å²) in [5.74, 6) is -0.154. The van der Waals surface area contributed by atoms with E-state index in [9.17, 15) is 14.7 Å². The summed E-state index contributed by atoms with van der Waals surface area (Å²) < 4.78 is 5.55. The number of amides is 2. The van der Waals surface area contributed by atoms with Crippen molar-refractivity contribution in [1.82, 2.24) is 10.2 Å². The fourth-order valence-electron chi connectivity index (χ4n) is 4.57. The lowest BCUT2D eigenvalue weighted by Gasteiger charge is -2.44. The Labute approximate surface area is 176 Å². The Balaban J connectivity index is 1.48. The largest absolute Gasteiger partial charge is 0.394 e. The Morgan fingerprint density at radius 3 is 2.50 bits per heavy atom. The molecule has 158 valence electrons. The molecule has 2 N–H and O–H groups in total. The molecule has 6 nitrogen and oxygen atoms in total. The van der Waals surface area contributed by atoms with Crippen LogP contribution in [0.15, 0.2) is 54.6 Å². The van der Waals surface area contributed by atoms with Crippen LogP contribution >= 0.6 is 0 Å². The molecule has 2 amide bonds. The number of rotatable bonds is 7. The van der Waals surface area contributed by atoms with Gasteiger partial charge in [0, 0.05) is 25.3 Å². The number of hydrogen-bond donors (Lipinski definition) is 2. The van der Waals surface area contributed by atoms with E-state index in [2.05, 4.69) is 5.32 Å². The lowest BCUT2D eigenvalue weighted by atomic mass is 9.84. The molecule has 6 heteroatoms. The van der Waals surface area contributed by atoms with E-state index in [4.69, 9.17) is 4.74 Å². The zero-order chi connectivity index (χ0) is 21.0. The van der Waals surface area contributed by atoms with E-state index < -0.39 is 5.54 Å². The fourth-order valence-corrected chi connectivity index (χ4v) is 4.57.